The number of aliphatic hydroxyl groups is 1. The molecule has 0 aliphatic rings. The number of benzene rings is 1. The molecule has 0 radical (unpaired) electrons. The Hall–Kier alpha value is -1.79. The largest absolute Gasteiger partial charge is 0.493 e. The number of carboxylic acid groups (broad SMARTS) is 1. The molecule has 112 valence electrons. The lowest BCUT2D eigenvalue weighted by Crippen LogP contribution is -2.31. The fourth-order valence-electron chi connectivity index (χ4n) is 1.68. The Morgan fingerprint density at radius 3 is 2.70 bits per heavy atom. The van der Waals surface area contributed by atoms with Crippen molar-refractivity contribution in [2.24, 2.45) is 0 Å². The van der Waals surface area contributed by atoms with Crippen molar-refractivity contribution < 1.29 is 24.5 Å². The third-order valence-electron chi connectivity index (χ3n) is 2.89. The van der Waals surface area contributed by atoms with E-state index in [1.807, 2.05) is 13.0 Å². The molecule has 1 aromatic rings. The Kier molecular flexibility index (Phi) is 6.83. The molecule has 20 heavy (non-hydrogen) atoms. The molecule has 0 saturated heterocycles. The normalized spacial score (nSPS) is 11.9. The van der Waals surface area contributed by atoms with Gasteiger partial charge in [0.2, 0.25) is 0 Å². The fourth-order valence-corrected chi connectivity index (χ4v) is 1.68. The summed E-state index contributed by atoms with van der Waals surface area (Å²) in [6.45, 7) is 2.27. The van der Waals surface area contributed by atoms with Gasteiger partial charge in [-0.25, -0.2) is 4.79 Å². The molecule has 0 aliphatic heterocycles. The molecular weight excluding hydrogens is 262 g/mol. The van der Waals surface area contributed by atoms with Gasteiger partial charge in [-0.1, -0.05) is 13.0 Å². The highest BCUT2D eigenvalue weighted by Gasteiger charge is 2.09. The molecule has 1 atom stereocenters. The third kappa shape index (κ3) is 5.07. The predicted octanol–water partition coefficient (Wildman–Crippen LogP) is 1.02. The molecule has 6 heteroatoms. The van der Waals surface area contributed by atoms with Crippen molar-refractivity contribution in [1.82, 2.24) is 5.32 Å². The van der Waals surface area contributed by atoms with Crippen LogP contribution < -0.4 is 14.8 Å². The molecule has 0 unspecified atom stereocenters. The van der Waals surface area contributed by atoms with E-state index in [0.717, 1.165) is 12.0 Å². The molecule has 1 aromatic carbocycles. The van der Waals surface area contributed by atoms with Crippen molar-refractivity contribution in [3.63, 3.8) is 0 Å². The zero-order valence-electron chi connectivity index (χ0n) is 11.8. The van der Waals surface area contributed by atoms with E-state index in [1.165, 1.54) is 7.11 Å². The van der Waals surface area contributed by atoms with Gasteiger partial charge in [0.15, 0.2) is 18.1 Å². The second kappa shape index (κ2) is 8.39. The quantitative estimate of drug-likeness (QED) is 0.627. The van der Waals surface area contributed by atoms with Gasteiger partial charge in [0.05, 0.1) is 13.7 Å². The first kappa shape index (κ1) is 16.3. The summed E-state index contributed by atoms with van der Waals surface area (Å²) in [6, 6.07) is 5.35. The summed E-state index contributed by atoms with van der Waals surface area (Å²) in [5.41, 5.74) is 0.969. The summed E-state index contributed by atoms with van der Waals surface area (Å²) in [5.74, 6) is -0.151. The maximum absolute atomic E-state index is 10.5. The lowest BCUT2D eigenvalue weighted by Gasteiger charge is -2.15. The monoisotopic (exact) mass is 283 g/mol. The first-order valence-electron chi connectivity index (χ1n) is 6.46. The van der Waals surface area contributed by atoms with Crippen LogP contribution in [0.4, 0.5) is 0 Å². The Labute approximate surface area is 118 Å². The Morgan fingerprint density at radius 2 is 2.15 bits per heavy atom. The zero-order chi connectivity index (χ0) is 15.0. The van der Waals surface area contributed by atoms with Crippen LogP contribution in [-0.4, -0.2) is 42.5 Å². The second-order valence-corrected chi connectivity index (χ2v) is 4.34. The summed E-state index contributed by atoms with van der Waals surface area (Å²) in [5, 5.41) is 20.9. The van der Waals surface area contributed by atoms with Gasteiger partial charge in [0, 0.05) is 12.6 Å². The summed E-state index contributed by atoms with van der Waals surface area (Å²) < 4.78 is 10.3. The van der Waals surface area contributed by atoms with Crippen molar-refractivity contribution in [2.75, 3.05) is 20.3 Å². The number of nitrogens with one attached hydrogen (secondary N) is 1. The number of hydrogen-bond donors (Lipinski definition) is 3. The van der Waals surface area contributed by atoms with E-state index < -0.39 is 12.6 Å². The van der Waals surface area contributed by atoms with Gasteiger partial charge in [0.1, 0.15) is 0 Å². The molecule has 1 rings (SSSR count). The van der Waals surface area contributed by atoms with Crippen molar-refractivity contribution >= 4 is 5.97 Å². The molecule has 0 spiro atoms. The Balaban J connectivity index is 2.68. The average molecular weight is 283 g/mol. The molecule has 0 fully saturated rings. The van der Waals surface area contributed by atoms with Gasteiger partial charge in [-0.2, -0.15) is 0 Å². The van der Waals surface area contributed by atoms with Crippen LogP contribution in [0.1, 0.15) is 18.9 Å². The molecule has 0 amide bonds. The van der Waals surface area contributed by atoms with Crippen LogP contribution in [0.25, 0.3) is 0 Å². The van der Waals surface area contributed by atoms with E-state index in [1.54, 1.807) is 12.1 Å². The van der Waals surface area contributed by atoms with Gasteiger partial charge in [-0.05, 0) is 24.1 Å². The number of methoxy groups -OCH3 is 1. The highest BCUT2D eigenvalue weighted by atomic mass is 16.5. The summed E-state index contributed by atoms with van der Waals surface area (Å²) in [6.07, 6.45) is 0.841. The zero-order valence-corrected chi connectivity index (χ0v) is 11.8. The number of rotatable bonds is 9. The van der Waals surface area contributed by atoms with E-state index in [9.17, 15) is 4.79 Å². The van der Waals surface area contributed by atoms with E-state index in [-0.39, 0.29) is 12.6 Å². The maximum Gasteiger partial charge on any atom is 0.341 e. The number of carboxylic acids is 1. The van der Waals surface area contributed by atoms with Crippen LogP contribution in [0.3, 0.4) is 0 Å². The van der Waals surface area contributed by atoms with Gasteiger partial charge >= 0.3 is 5.97 Å². The van der Waals surface area contributed by atoms with E-state index in [0.29, 0.717) is 18.0 Å². The lowest BCUT2D eigenvalue weighted by molar-refractivity contribution is -0.139. The van der Waals surface area contributed by atoms with Gasteiger partial charge in [-0.3, -0.25) is 0 Å². The Bertz CT molecular complexity index is 432. The molecule has 0 aromatic heterocycles. The minimum atomic E-state index is -1.04. The number of carbonyl (C=O) groups is 1. The number of aliphatic carboxylic acids is 1. The van der Waals surface area contributed by atoms with Crippen LogP contribution in [0, 0.1) is 0 Å². The topological polar surface area (TPSA) is 88.0 Å². The predicted molar refractivity (Wildman–Crippen MR) is 74.1 cm³/mol. The molecule has 0 aliphatic carbocycles. The minimum Gasteiger partial charge on any atom is -0.493 e. The smallest absolute Gasteiger partial charge is 0.341 e. The fraction of sp³-hybridized carbons (Fsp3) is 0.500. The molecular formula is C14H21NO5. The van der Waals surface area contributed by atoms with E-state index in [2.05, 4.69) is 5.32 Å². The standard InChI is InChI=1S/C14H21NO5/c1-3-11(8-16)15-7-10-4-5-12(13(6-10)19-2)20-9-14(17)18/h4-6,11,15-16H,3,7-9H2,1-2H3,(H,17,18)/t11-/m0/s1. The summed E-state index contributed by atoms with van der Waals surface area (Å²) in [4.78, 5) is 10.5. The second-order valence-electron chi connectivity index (χ2n) is 4.34. The number of hydrogen-bond acceptors (Lipinski definition) is 5. The van der Waals surface area contributed by atoms with Gasteiger partial charge in [-0.15, -0.1) is 0 Å². The maximum atomic E-state index is 10.5. The molecule has 0 heterocycles. The van der Waals surface area contributed by atoms with Crippen LogP contribution in [-0.2, 0) is 11.3 Å². The average Bonchev–Trinajstić information content (AvgIpc) is 2.46. The van der Waals surface area contributed by atoms with Crippen LogP contribution in [0.5, 0.6) is 11.5 Å². The molecule has 3 N–H and O–H groups in total. The lowest BCUT2D eigenvalue weighted by atomic mass is 10.1. The highest BCUT2D eigenvalue weighted by molar-refractivity contribution is 5.68. The van der Waals surface area contributed by atoms with E-state index in [4.69, 9.17) is 19.7 Å². The molecule has 0 bridgehead atoms. The van der Waals surface area contributed by atoms with Gasteiger partial charge in [0.25, 0.3) is 0 Å². The van der Waals surface area contributed by atoms with Gasteiger partial charge < -0.3 is 25.0 Å². The number of aliphatic hydroxyl groups excluding tert-OH is 1. The van der Waals surface area contributed by atoms with E-state index >= 15 is 0 Å². The van der Waals surface area contributed by atoms with Crippen LogP contribution in [0.15, 0.2) is 18.2 Å². The minimum absolute atomic E-state index is 0.0592. The third-order valence-corrected chi connectivity index (χ3v) is 2.89. The van der Waals surface area contributed by atoms with Crippen molar-refractivity contribution in [3.8, 4) is 11.5 Å². The Morgan fingerprint density at radius 1 is 1.40 bits per heavy atom. The van der Waals surface area contributed by atoms with Crippen molar-refractivity contribution in [1.29, 1.82) is 0 Å². The van der Waals surface area contributed by atoms with Crippen LogP contribution >= 0.6 is 0 Å². The first-order valence-corrected chi connectivity index (χ1v) is 6.46. The first-order chi connectivity index (χ1) is 9.60. The molecule has 6 nitrogen and oxygen atoms in total. The summed E-state index contributed by atoms with van der Waals surface area (Å²) >= 11 is 0. The number of ether oxygens (including phenoxy) is 2. The highest BCUT2D eigenvalue weighted by Crippen LogP contribution is 2.28. The van der Waals surface area contributed by atoms with Crippen molar-refractivity contribution in [2.45, 2.75) is 25.9 Å². The molecule has 0 saturated carbocycles. The van der Waals surface area contributed by atoms with Crippen LogP contribution in [0.2, 0.25) is 0 Å². The SMILES string of the molecule is CC[C@@H](CO)NCc1ccc(OCC(=O)O)c(OC)c1. The summed E-state index contributed by atoms with van der Waals surface area (Å²) in [7, 11) is 1.50. The van der Waals surface area contributed by atoms with Crippen molar-refractivity contribution in [3.05, 3.63) is 23.8 Å².